The van der Waals surface area contributed by atoms with Crippen molar-refractivity contribution in [3.05, 3.63) is 35.4 Å². The van der Waals surface area contributed by atoms with Crippen LogP contribution in [0.4, 0.5) is 5.69 Å². The van der Waals surface area contributed by atoms with Crippen LogP contribution in [0.15, 0.2) is 24.3 Å². The number of benzene rings is 1. The van der Waals surface area contributed by atoms with Crippen molar-refractivity contribution in [2.75, 3.05) is 5.73 Å². The zero-order chi connectivity index (χ0) is 13.1. The van der Waals surface area contributed by atoms with Crippen LogP contribution in [-0.2, 0) is 10.2 Å². The molecule has 0 heterocycles. The molecule has 1 amide bonds. The second-order valence-corrected chi connectivity index (χ2v) is 5.17. The van der Waals surface area contributed by atoms with Gasteiger partial charge in [0.2, 0.25) is 5.91 Å². The van der Waals surface area contributed by atoms with E-state index in [-0.39, 0.29) is 17.7 Å². The number of carbonyl (C=O) groups excluding carboxylic acids is 1. The Labute approximate surface area is 103 Å². The molecular weight excluding hydrogens is 212 g/mol. The first-order chi connectivity index (χ1) is 7.80. The van der Waals surface area contributed by atoms with Gasteiger partial charge in [0.1, 0.15) is 0 Å². The summed E-state index contributed by atoms with van der Waals surface area (Å²) in [4.78, 5) is 10.6. The maximum absolute atomic E-state index is 10.6. The lowest BCUT2D eigenvalue weighted by Gasteiger charge is -2.20. The van der Waals surface area contributed by atoms with Crippen molar-refractivity contribution in [1.82, 2.24) is 0 Å². The molecule has 4 N–H and O–H groups in total. The number of nitrogen functional groups attached to an aromatic ring is 1. The molecule has 0 bridgehead atoms. The van der Waals surface area contributed by atoms with Crippen LogP contribution < -0.4 is 11.5 Å². The molecule has 1 rings (SSSR count). The molecule has 0 aromatic heterocycles. The number of nitrogens with two attached hydrogens (primary N) is 2. The van der Waals surface area contributed by atoms with E-state index >= 15 is 0 Å². The highest BCUT2D eigenvalue weighted by Gasteiger charge is 2.14. The Hall–Kier alpha value is -1.77. The van der Waals surface area contributed by atoms with Crippen molar-refractivity contribution < 1.29 is 4.79 Å². The Morgan fingerprint density at radius 2 is 2.00 bits per heavy atom. The standard InChI is InChI=1S/C14H20N2O/c1-14(2,3)11-7-8-12(15)10(9-11)5-4-6-13(16)17/h4-5,7-9H,6,15H2,1-3H3,(H2,16,17). The molecule has 0 saturated heterocycles. The fraction of sp³-hybridized carbons (Fsp3) is 0.357. The van der Waals surface area contributed by atoms with Gasteiger partial charge in [0.25, 0.3) is 0 Å². The highest BCUT2D eigenvalue weighted by molar-refractivity contribution is 5.77. The smallest absolute Gasteiger partial charge is 0.221 e. The summed E-state index contributed by atoms with van der Waals surface area (Å²) in [5.74, 6) is -0.341. The van der Waals surface area contributed by atoms with Gasteiger partial charge in [0, 0.05) is 12.1 Å². The normalized spacial score (nSPS) is 11.9. The molecule has 3 heteroatoms. The number of primary amides is 1. The van der Waals surface area contributed by atoms with Gasteiger partial charge < -0.3 is 11.5 Å². The van der Waals surface area contributed by atoms with Crippen LogP contribution >= 0.6 is 0 Å². The summed E-state index contributed by atoms with van der Waals surface area (Å²) < 4.78 is 0. The Kier molecular flexibility index (Phi) is 3.94. The Balaban J connectivity index is 2.99. The number of anilines is 1. The molecule has 0 atom stereocenters. The van der Waals surface area contributed by atoms with Crippen LogP contribution in [0.1, 0.15) is 38.3 Å². The predicted octanol–water partition coefficient (Wildman–Crippen LogP) is 2.45. The van der Waals surface area contributed by atoms with Crippen molar-refractivity contribution in [1.29, 1.82) is 0 Å². The zero-order valence-corrected chi connectivity index (χ0v) is 10.7. The summed E-state index contributed by atoms with van der Waals surface area (Å²) in [7, 11) is 0. The van der Waals surface area contributed by atoms with E-state index in [2.05, 4.69) is 20.8 Å². The van der Waals surface area contributed by atoms with Crippen LogP contribution in [0, 0.1) is 0 Å². The zero-order valence-electron chi connectivity index (χ0n) is 10.7. The fourth-order valence-electron chi connectivity index (χ4n) is 1.49. The van der Waals surface area contributed by atoms with Gasteiger partial charge in [0.15, 0.2) is 0 Å². The second kappa shape index (κ2) is 5.04. The minimum absolute atomic E-state index is 0.0833. The molecule has 0 radical (unpaired) electrons. The van der Waals surface area contributed by atoms with Gasteiger partial charge in [0.05, 0.1) is 0 Å². The molecule has 17 heavy (non-hydrogen) atoms. The number of rotatable bonds is 3. The lowest BCUT2D eigenvalue weighted by molar-refractivity contribution is -0.117. The maximum atomic E-state index is 10.6. The third kappa shape index (κ3) is 3.94. The third-order valence-corrected chi connectivity index (χ3v) is 2.57. The highest BCUT2D eigenvalue weighted by Crippen LogP contribution is 2.26. The summed E-state index contributed by atoms with van der Waals surface area (Å²) >= 11 is 0. The Morgan fingerprint density at radius 1 is 1.35 bits per heavy atom. The largest absolute Gasteiger partial charge is 0.398 e. The first kappa shape index (κ1) is 13.3. The van der Waals surface area contributed by atoms with Crippen LogP contribution in [0.2, 0.25) is 0 Å². The number of hydrogen-bond acceptors (Lipinski definition) is 2. The summed E-state index contributed by atoms with van der Waals surface area (Å²) in [5, 5.41) is 0. The molecule has 0 spiro atoms. The number of amides is 1. The van der Waals surface area contributed by atoms with E-state index in [0.29, 0.717) is 5.69 Å². The monoisotopic (exact) mass is 232 g/mol. The molecule has 0 aliphatic carbocycles. The quantitative estimate of drug-likeness (QED) is 0.786. The van der Waals surface area contributed by atoms with Crippen molar-refractivity contribution in [3.8, 4) is 0 Å². The summed E-state index contributed by atoms with van der Waals surface area (Å²) in [5.41, 5.74) is 13.9. The molecule has 0 unspecified atom stereocenters. The van der Waals surface area contributed by atoms with E-state index in [4.69, 9.17) is 11.5 Å². The van der Waals surface area contributed by atoms with Crippen molar-refractivity contribution in [3.63, 3.8) is 0 Å². The maximum Gasteiger partial charge on any atom is 0.221 e. The van der Waals surface area contributed by atoms with Gasteiger partial charge in [-0.15, -0.1) is 0 Å². The Bertz CT molecular complexity index is 442. The SMILES string of the molecule is CC(C)(C)c1ccc(N)c(C=CCC(N)=O)c1. The molecule has 0 aliphatic heterocycles. The van der Waals surface area contributed by atoms with Crippen LogP contribution in [0.3, 0.4) is 0 Å². The first-order valence-electron chi connectivity index (χ1n) is 5.65. The van der Waals surface area contributed by atoms with Crippen molar-refractivity contribution in [2.24, 2.45) is 5.73 Å². The van der Waals surface area contributed by atoms with Crippen molar-refractivity contribution in [2.45, 2.75) is 32.6 Å². The molecule has 1 aromatic carbocycles. The van der Waals surface area contributed by atoms with Crippen LogP contribution in [0.25, 0.3) is 6.08 Å². The van der Waals surface area contributed by atoms with Gasteiger partial charge in [-0.25, -0.2) is 0 Å². The molecule has 0 fully saturated rings. The molecule has 3 nitrogen and oxygen atoms in total. The minimum atomic E-state index is -0.341. The summed E-state index contributed by atoms with van der Waals surface area (Å²) in [6.45, 7) is 6.44. The summed E-state index contributed by atoms with van der Waals surface area (Å²) in [6, 6.07) is 5.97. The summed E-state index contributed by atoms with van der Waals surface area (Å²) in [6.07, 6.45) is 3.81. The first-order valence-corrected chi connectivity index (χ1v) is 5.65. The fourth-order valence-corrected chi connectivity index (χ4v) is 1.49. The van der Waals surface area contributed by atoms with Gasteiger partial charge in [-0.1, -0.05) is 39.0 Å². The van der Waals surface area contributed by atoms with Gasteiger partial charge in [-0.05, 0) is 28.7 Å². The molecule has 92 valence electrons. The van der Waals surface area contributed by atoms with E-state index in [1.165, 1.54) is 5.56 Å². The van der Waals surface area contributed by atoms with Gasteiger partial charge >= 0.3 is 0 Å². The Morgan fingerprint density at radius 3 is 2.53 bits per heavy atom. The van der Waals surface area contributed by atoms with Gasteiger partial charge in [-0.3, -0.25) is 4.79 Å². The van der Waals surface area contributed by atoms with E-state index in [0.717, 1.165) is 5.56 Å². The van der Waals surface area contributed by atoms with E-state index in [1.807, 2.05) is 24.3 Å². The topological polar surface area (TPSA) is 69.1 Å². The molecule has 0 saturated carbocycles. The highest BCUT2D eigenvalue weighted by atomic mass is 16.1. The average molecular weight is 232 g/mol. The van der Waals surface area contributed by atoms with E-state index < -0.39 is 0 Å². The number of hydrogen-bond donors (Lipinski definition) is 2. The minimum Gasteiger partial charge on any atom is -0.398 e. The van der Waals surface area contributed by atoms with Crippen LogP contribution in [0.5, 0.6) is 0 Å². The molecule has 0 aliphatic rings. The molecular formula is C14H20N2O. The van der Waals surface area contributed by atoms with E-state index in [1.54, 1.807) is 6.08 Å². The molecule has 1 aromatic rings. The lowest BCUT2D eigenvalue weighted by atomic mass is 9.86. The lowest BCUT2D eigenvalue weighted by Crippen LogP contribution is -2.11. The van der Waals surface area contributed by atoms with Crippen molar-refractivity contribution >= 4 is 17.7 Å². The van der Waals surface area contributed by atoms with E-state index in [9.17, 15) is 4.79 Å². The van der Waals surface area contributed by atoms with Crippen LogP contribution in [-0.4, -0.2) is 5.91 Å². The van der Waals surface area contributed by atoms with Gasteiger partial charge in [-0.2, -0.15) is 0 Å². The predicted molar refractivity (Wildman–Crippen MR) is 72.4 cm³/mol. The second-order valence-electron chi connectivity index (χ2n) is 5.17. The number of carbonyl (C=O) groups is 1. The third-order valence-electron chi connectivity index (χ3n) is 2.57. The average Bonchev–Trinajstić information content (AvgIpc) is 2.18.